The topological polar surface area (TPSA) is 32.6 Å². The lowest BCUT2D eigenvalue weighted by Gasteiger charge is -2.20. The number of fused-ring (bicyclic) bond motifs is 1. The summed E-state index contributed by atoms with van der Waals surface area (Å²) in [7, 11) is 0. The van der Waals surface area contributed by atoms with Gasteiger partial charge in [0.15, 0.2) is 10.8 Å². The van der Waals surface area contributed by atoms with Crippen molar-refractivity contribution in [1.82, 2.24) is 14.7 Å². The van der Waals surface area contributed by atoms with E-state index in [1.807, 2.05) is 0 Å². The summed E-state index contributed by atoms with van der Waals surface area (Å²) in [6.45, 7) is 11.5. The van der Waals surface area contributed by atoms with Crippen LogP contribution in [0.5, 0.6) is 0 Å². The first-order valence-corrected chi connectivity index (χ1v) is 7.48. The van der Waals surface area contributed by atoms with Gasteiger partial charge < -0.3 is 10.2 Å². The zero-order valence-corrected chi connectivity index (χ0v) is 12.4. The molecule has 0 aromatic carbocycles. The average Bonchev–Trinajstić information content (AvgIpc) is 2.89. The Hall–Kier alpha value is -1.07. The number of imidazole rings is 1. The van der Waals surface area contributed by atoms with Crippen LogP contribution < -0.4 is 10.2 Å². The van der Waals surface area contributed by atoms with Crippen molar-refractivity contribution >= 4 is 22.1 Å². The summed E-state index contributed by atoms with van der Waals surface area (Å²) < 4.78 is 2.20. The first kappa shape index (κ1) is 13.4. The van der Waals surface area contributed by atoms with Gasteiger partial charge in [0.25, 0.3) is 0 Å². The van der Waals surface area contributed by atoms with E-state index in [4.69, 9.17) is 4.98 Å². The summed E-state index contributed by atoms with van der Waals surface area (Å²) in [5, 5.41) is 5.58. The Balaban J connectivity index is 2.37. The van der Waals surface area contributed by atoms with Crippen LogP contribution in [0.3, 0.4) is 0 Å². The Bertz CT molecular complexity index is 496. The lowest BCUT2D eigenvalue weighted by atomic mass is 10.3. The van der Waals surface area contributed by atoms with E-state index < -0.39 is 0 Å². The molecule has 18 heavy (non-hydrogen) atoms. The van der Waals surface area contributed by atoms with Crippen molar-refractivity contribution in [3.05, 3.63) is 17.3 Å². The summed E-state index contributed by atoms with van der Waals surface area (Å²) in [6.07, 6.45) is 2.11. The largest absolute Gasteiger partial charge is 0.356 e. The number of aromatic nitrogens is 2. The van der Waals surface area contributed by atoms with Crippen molar-refractivity contribution in [3.63, 3.8) is 0 Å². The standard InChI is InChI=1S/C13H22N4S/c1-5-16(6-2)12-11(9-14-10(3)4)17-7-8-18-13(17)15-12/h7-8,10,14H,5-6,9H2,1-4H3. The fraction of sp³-hybridized carbons (Fsp3) is 0.615. The molecule has 0 amide bonds. The Morgan fingerprint density at radius 3 is 2.72 bits per heavy atom. The Labute approximate surface area is 113 Å². The van der Waals surface area contributed by atoms with E-state index in [9.17, 15) is 0 Å². The third-order valence-corrected chi connectivity index (χ3v) is 3.84. The van der Waals surface area contributed by atoms with Crippen molar-refractivity contribution in [3.8, 4) is 0 Å². The van der Waals surface area contributed by atoms with Gasteiger partial charge in [0.2, 0.25) is 0 Å². The van der Waals surface area contributed by atoms with E-state index in [2.05, 4.69) is 53.9 Å². The minimum absolute atomic E-state index is 0.485. The monoisotopic (exact) mass is 266 g/mol. The second-order valence-electron chi connectivity index (χ2n) is 4.65. The maximum absolute atomic E-state index is 4.76. The van der Waals surface area contributed by atoms with Gasteiger partial charge >= 0.3 is 0 Å². The summed E-state index contributed by atoms with van der Waals surface area (Å²) in [5.41, 5.74) is 1.27. The molecule has 0 fully saturated rings. The molecule has 0 aliphatic carbocycles. The van der Waals surface area contributed by atoms with Gasteiger partial charge in [-0.15, -0.1) is 11.3 Å². The van der Waals surface area contributed by atoms with Crippen LogP contribution in [-0.4, -0.2) is 28.5 Å². The SMILES string of the molecule is CCN(CC)c1nc2sccn2c1CNC(C)C. The van der Waals surface area contributed by atoms with Crippen LogP contribution in [0.15, 0.2) is 11.6 Å². The number of hydrogen-bond donors (Lipinski definition) is 1. The predicted octanol–water partition coefficient (Wildman–Crippen LogP) is 2.74. The summed E-state index contributed by atoms with van der Waals surface area (Å²) in [4.78, 5) is 8.16. The molecular formula is C13H22N4S. The van der Waals surface area contributed by atoms with Crippen molar-refractivity contribution in [2.45, 2.75) is 40.3 Å². The van der Waals surface area contributed by atoms with Gasteiger partial charge in [-0.05, 0) is 13.8 Å². The van der Waals surface area contributed by atoms with Crippen molar-refractivity contribution < 1.29 is 0 Å². The molecule has 0 unspecified atom stereocenters. The van der Waals surface area contributed by atoms with Crippen LogP contribution in [0.25, 0.3) is 4.96 Å². The van der Waals surface area contributed by atoms with Gasteiger partial charge in [-0.2, -0.15) is 0 Å². The Morgan fingerprint density at radius 2 is 2.11 bits per heavy atom. The third-order valence-electron chi connectivity index (χ3n) is 3.08. The molecule has 2 rings (SSSR count). The molecule has 2 aromatic rings. The van der Waals surface area contributed by atoms with Crippen LogP contribution in [0.2, 0.25) is 0 Å². The summed E-state index contributed by atoms with van der Waals surface area (Å²) >= 11 is 1.69. The second-order valence-corrected chi connectivity index (χ2v) is 5.52. The molecule has 0 atom stereocenters. The van der Waals surface area contributed by atoms with E-state index in [1.165, 1.54) is 5.69 Å². The van der Waals surface area contributed by atoms with E-state index in [1.54, 1.807) is 11.3 Å². The lowest BCUT2D eigenvalue weighted by Crippen LogP contribution is -2.27. The molecule has 2 heterocycles. The van der Waals surface area contributed by atoms with Gasteiger partial charge in [0.1, 0.15) is 0 Å². The first-order chi connectivity index (χ1) is 8.67. The first-order valence-electron chi connectivity index (χ1n) is 6.60. The van der Waals surface area contributed by atoms with Gasteiger partial charge in [-0.1, -0.05) is 13.8 Å². The molecule has 0 aliphatic heterocycles. The second kappa shape index (κ2) is 5.71. The molecule has 5 heteroatoms. The van der Waals surface area contributed by atoms with Crippen LogP contribution in [-0.2, 0) is 6.54 Å². The van der Waals surface area contributed by atoms with Crippen LogP contribution >= 0.6 is 11.3 Å². The van der Waals surface area contributed by atoms with Gasteiger partial charge in [-0.3, -0.25) is 4.40 Å². The highest BCUT2D eigenvalue weighted by atomic mass is 32.1. The van der Waals surface area contributed by atoms with Crippen LogP contribution in [0.4, 0.5) is 5.82 Å². The van der Waals surface area contributed by atoms with Crippen LogP contribution in [0, 0.1) is 0 Å². The molecule has 1 N–H and O–H groups in total. The minimum Gasteiger partial charge on any atom is -0.356 e. The van der Waals surface area contributed by atoms with E-state index in [0.29, 0.717) is 6.04 Å². The zero-order chi connectivity index (χ0) is 13.1. The predicted molar refractivity (Wildman–Crippen MR) is 78.6 cm³/mol. The number of thiazole rings is 1. The molecule has 4 nitrogen and oxygen atoms in total. The van der Waals surface area contributed by atoms with Gasteiger partial charge in [0, 0.05) is 37.3 Å². The number of hydrogen-bond acceptors (Lipinski definition) is 4. The van der Waals surface area contributed by atoms with Gasteiger partial charge in [0.05, 0.1) is 5.69 Å². The normalized spacial score (nSPS) is 11.6. The smallest absolute Gasteiger partial charge is 0.195 e. The van der Waals surface area contributed by atoms with E-state index in [0.717, 1.165) is 30.4 Å². The molecule has 100 valence electrons. The minimum atomic E-state index is 0.485. The number of rotatable bonds is 6. The molecule has 2 aromatic heterocycles. The maximum Gasteiger partial charge on any atom is 0.195 e. The molecule has 0 saturated heterocycles. The average molecular weight is 266 g/mol. The Kier molecular flexibility index (Phi) is 4.24. The van der Waals surface area contributed by atoms with Gasteiger partial charge in [-0.25, -0.2) is 4.98 Å². The highest BCUT2D eigenvalue weighted by molar-refractivity contribution is 7.15. The van der Waals surface area contributed by atoms with Crippen molar-refractivity contribution in [2.75, 3.05) is 18.0 Å². The maximum atomic E-state index is 4.76. The molecule has 0 aliphatic rings. The molecular weight excluding hydrogens is 244 g/mol. The number of nitrogens with one attached hydrogen (secondary N) is 1. The highest BCUT2D eigenvalue weighted by Gasteiger charge is 2.16. The number of nitrogens with zero attached hydrogens (tertiary/aromatic N) is 3. The van der Waals surface area contributed by atoms with E-state index in [-0.39, 0.29) is 0 Å². The Morgan fingerprint density at radius 1 is 1.39 bits per heavy atom. The summed E-state index contributed by atoms with van der Waals surface area (Å²) in [6, 6.07) is 0.485. The van der Waals surface area contributed by atoms with E-state index >= 15 is 0 Å². The van der Waals surface area contributed by atoms with Crippen molar-refractivity contribution in [1.29, 1.82) is 0 Å². The molecule has 0 radical (unpaired) electrons. The quantitative estimate of drug-likeness (QED) is 0.872. The summed E-state index contributed by atoms with van der Waals surface area (Å²) in [5.74, 6) is 1.12. The highest BCUT2D eigenvalue weighted by Crippen LogP contribution is 2.24. The fourth-order valence-corrected chi connectivity index (χ4v) is 2.79. The van der Waals surface area contributed by atoms with Crippen LogP contribution in [0.1, 0.15) is 33.4 Å². The lowest BCUT2D eigenvalue weighted by molar-refractivity contribution is 0.578. The number of anilines is 1. The zero-order valence-electron chi connectivity index (χ0n) is 11.6. The van der Waals surface area contributed by atoms with Crippen molar-refractivity contribution in [2.24, 2.45) is 0 Å². The fourth-order valence-electron chi connectivity index (χ4n) is 2.06. The third kappa shape index (κ3) is 2.52. The molecule has 0 spiro atoms. The molecule has 0 bridgehead atoms. The molecule has 0 saturated carbocycles.